The third-order valence-corrected chi connectivity index (χ3v) is 1.51. The largest absolute Gasteiger partial charge is 0.394 e. The average Bonchev–Trinajstić information content (AvgIpc) is 2.05. The SMILES string of the molecule is Cc1ccc([C@H](N)CO)nc1. The van der Waals surface area contributed by atoms with E-state index in [0.717, 1.165) is 11.3 Å². The second-order valence-electron chi connectivity index (χ2n) is 2.55. The molecule has 11 heavy (non-hydrogen) atoms. The van der Waals surface area contributed by atoms with E-state index in [1.807, 2.05) is 19.1 Å². The molecule has 0 aliphatic carbocycles. The molecule has 1 aromatic heterocycles. The summed E-state index contributed by atoms with van der Waals surface area (Å²) in [5.41, 5.74) is 7.36. The maximum Gasteiger partial charge on any atom is 0.0704 e. The lowest BCUT2D eigenvalue weighted by Gasteiger charge is -2.06. The van der Waals surface area contributed by atoms with E-state index < -0.39 is 0 Å². The lowest BCUT2D eigenvalue weighted by atomic mass is 10.2. The Hall–Kier alpha value is -0.930. The van der Waals surface area contributed by atoms with Crippen LogP contribution in [0.15, 0.2) is 18.3 Å². The summed E-state index contributed by atoms with van der Waals surface area (Å²) in [6, 6.07) is 3.41. The monoisotopic (exact) mass is 152 g/mol. The molecule has 0 aliphatic rings. The number of hydrogen-bond donors (Lipinski definition) is 2. The quantitative estimate of drug-likeness (QED) is 0.644. The van der Waals surface area contributed by atoms with Crippen LogP contribution >= 0.6 is 0 Å². The Labute approximate surface area is 65.9 Å². The van der Waals surface area contributed by atoms with Crippen LogP contribution in [0.1, 0.15) is 17.3 Å². The molecule has 1 aromatic rings. The molecule has 0 spiro atoms. The second-order valence-corrected chi connectivity index (χ2v) is 2.55. The molecule has 1 atom stereocenters. The van der Waals surface area contributed by atoms with Crippen molar-refractivity contribution in [1.82, 2.24) is 4.98 Å². The molecule has 0 radical (unpaired) electrons. The zero-order valence-corrected chi connectivity index (χ0v) is 6.49. The van der Waals surface area contributed by atoms with Crippen molar-refractivity contribution in [3.8, 4) is 0 Å². The van der Waals surface area contributed by atoms with Gasteiger partial charge in [0.15, 0.2) is 0 Å². The van der Waals surface area contributed by atoms with Crippen molar-refractivity contribution < 1.29 is 5.11 Å². The molecule has 0 saturated heterocycles. The van der Waals surface area contributed by atoms with Crippen molar-refractivity contribution in [2.75, 3.05) is 6.61 Å². The second kappa shape index (κ2) is 3.46. The van der Waals surface area contributed by atoms with Gasteiger partial charge in [-0.25, -0.2) is 0 Å². The lowest BCUT2D eigenvalue weighted by molar-refractivity contribution is 0.266. The van der Waals surface area contributed by atoms with E-state index in [4.69, 9.17) is 10.8 Å². The fourth-order valence-electron chi connectivity index (χ4n) is 0.792. The summed E-state index contributed by atoms with van der Waals surface area (Å²) >= 11 is 0. The number of nitrogens with two attached hydrogens (primary N) is 1. The fourth-order valence-corrected chi connectivity index (χ4v) is 0.792. The lowest BCUT2D eigenvalue weighted by Crippen LogP contribution is -2.15. The van der Waals surface area contributed by atoms with Crippen molar-refractivity contribution in [2.24, 2.45) is 5.73 Å². The van der Waals surface area contributed by atoms with Gasteiger partial charge in [-0.1, -0.05) is 6.07 Å². The minimum Gasteiger partial charge on any atom is -0.394 e. The maximum atomic E-state index is 8.69. The molecule has 1 heterocycles. The molecule has 0 unspecified atom stereocenters. The van der Waals surface area contributed by atoms with Crippen LogP contribution in [-0.2, 0) is 0 Å². The van der Waals surface area contributed by atoms with Crippen LogP contribution in [0.2, 0.25) is 0 Å². The fraction of sp³-hybridized carbons (Fsp3) is 0.375. The van der Waals surface area contributed by atoms with E-state index >= 15 is 0 Å². The van der Waals surface area contributed by atoms with Crippen LogP contribution in [0, 0.1) is 6.92 Å². The van der Waals surface area contributed by atoms with E-state index in [0.29, 0.717) is 0 Å². The van der Waals surface area contributed by atoms with Crippen LogP contribution in [0.25, 0.3) is 0 Å². The Morgan fingerprint density at radius 3 is 2.82 bits per heavy atom. The first-order valence-electron chi connectivity index (χ1n) is 3.53. The van der Waals surface area contributed by atoms with Crippen LogP contribution in [0.3, 0.4) is 0 Å². The summed E-state index contributed by atoms with van der Waals surface area (Å²) in [5.74, 6) is 0. The Morgan fingerprint density at radius 1 is 1.64 bits per heavy atom. The van der Waals surface area contributed by atoms with Gasteiger partial charge in [-0.3, -0.25) is 4.98 Å². The zero-order valence-electron chi connectivity index (χ0n) is 6.49. The van der Waals surface area contributed by atoms with Gasteiger partial charge in [-0.05, 0) is 18.6 Å². The Morgan fingerprint density at radius 2 is 2.36 bits per heavy atom. The van der Waals surface area contributed by atoms with E-state index in [2.05, 4.69) is 4.98 Å². The number of aromatic nitrogens is 1. The summed E-state index contributed by atoms with van der Waals surface area (Å²) in [4.78, 5) is 4.06. The highest BCUT2D eigenvalue weighted by Gasteiger charge is 2.03. The highest BCUT2D eigenvalue weighted by molar-refractivity contribution is 5.14. The molecule has 0 aliphatic heterocycles. The molecule has 0 saturated carbocycles. The Kier molecular flexibility index (Phi) is 2.57. The normalized spacial score (nSPS) is 13.0. The third kappa shape index (κ3) is 2.00. The highest BCUT2D eigenvalue weighted by atomic mass is 16.3. The molecule has 3 N–H and O–H groups in total. The minimum atomic E-state index is -0.351. The number of aliphatic hydroxyl groups excluding tert-OH is 1. The molecular weight excluding hydrogens is 140 g/mol. The predicted molar refractivity (Wildman–Crippen MR) is 43.0 cm³/mol. The topological polar surface area (TPSA) is 59.1 Å². The van der Waals surface area contributed by atoms with Gasteiger partial charge in [0.05, 0.1) is 18.3 Å². The number of hydrogen-bond acceptors (Lipinski definition) is 3. The van der Waals surface area contributed by atoms with Gasteiger partial charge in [0.25, 0.3) is 0 Å². The first-order chi connectivity index (χ1) is 5.24. The first-order valence-corrected chi connectivity index (χ1v) is 3.53. The highest BCUT2D eigenvalue weighted by Crippen LogP contribution is 2.05. The Balaban J connectivity index is 2.81. The van der Waals surface area contributed by atoms with Crippen molar-refractivity contribution in [1.29, 1.82) is 0 Å². The molecule has 0 bridgehead atoms. The average molecular weight is 152 g/mol. The van der Waals surface area contributed by atoms with Gasteiger partial charge in [-0.15, -0.1) is 0 Å². The summed E-state index contributed by atoms with van der Waals surface area (Å²) < 4.78 is 0. The van der Waals surface area contributed by atoms with Crippen molar-refractivity contribution in [3.05, 3.63) is 29.6 Å². The summed E-state index contributed by atoms with van der Waals surface area (Å²) in [7, 11) is 0. The molecule has 0 aromatic carbocycles. The predicted octanol–water partition coefficient (Wildman–Crippen LogP) is 0.382. The number of aryl methyl sites for hydroxylation is 1. The molecule has 3 nitrogen and oxygen atoms in total. The van der Waals surface area contributed by atoms with Crippen molar-refractivity contribution in [2.45, 2.75) is 13.0 Å². The van der Waals surface area contributed by atoms with Crippen LogP contribution in [0.4, 0.5) is 0 Å². The van der Waals surface area contributed by atoms with Crippen LogP contribution in [-0.4, -0.2) is 16.7 Å². The summed E-state index contributed by atoms with van der Waals surface area (Å²) in [6.07, 6.45) is 1.74. The molecule has 60 valence electrons. The molecule has 3 heteroatoms. The molecular formula is C8H12N2O. The van der Waals surface area contributed by atoms with Gasteiger partial charge in [0, 0.05) is 6.20 Å². The summed E-state index contributed by atoms with van der Waals surface area (Å²) in [5, 5.41) is 8.69. The summed E-state index contributed by atoms with van der Waals surface area (Å²) in [6.45, 7) is 1.90. The third-order valence-electron chi connectivity index (χ3n) is 1.51. The van der Waals surface area contributed by atoms with Crippen LogP contribution < -0.4 is 5.73 Å². The standard InChI is InChI=1S/C8H12N2O/c1-6-2-3-8(10-4-6)7(9)5-11/h2-4,7,11H,5,9H2,1H3/t7-/m1/s1. The number of aliphatic hydroxyl groups is 1. The smallest absolute Gasteiger partial charge is 0.0704 e. The van der Waals surface area contributed by atoms with E-state index in [-0.39, 0.29) is 12.6 Å². The van der Waals surface area contributed by atoms with E-state index in [1.165, 1.54) is 0 Å². The number of rotatable bonds is 2. The molecule has 0 fully saturated rings. The maximum absolute atomic E-state index is 8.69. The molecule has 1 rings (SSSR count). The van der Waals surface area contributed by atoms with Crippen molar-refractivity contribution in [3.63, 3.8) is 0 Å². The van der Waals surface area contributed by atoms with E-state index in [1.54, 1.807) is 6.20 Å². The zero-order chi connectivity index (χ0) is 8.27. The number of pyridine rings is 1. The van der Waals surface area contributed by atoms with E-state index in [9.17, 15) is 0 Å². The number of nitrogens with zero attached hydrogens (tertiary/aromatic N) is 1. The van der Waals surface area contributed by atoms with Crippen LogP contribution in [0.5, 0.6) is 0 Å². The van der Waals surface area contributed by atoms with Gasteiger partial charge < -0.3 is 10.8 Å². The van der Waals surface area contributed by atoms with Gasteiger partial charge in [-0.2, -0.15) is 0 Å². The van der Waals surface area contributed by atoms with Gasteiger partial charge in [0.2, 0.25) is 0 Å². The van der Waals surface area contributed by atoms with Crippen molar-refractivity contribution >= 4 is 0 Å². The van der Waals surface area contributed by atoms with Gasteiger partial charge in [0.1, 0.15) is 0 Å². The first kappa shape index (κ1) is 8.17. The Bertz CT molecular complexity index is 220. The molecule has 0 amide bonds. The van der Waals surface area contributed by atoms with Gasteiger partial charge >= 0.3 is 0 Å². The minimum absolute atomic E-state index is 0.0595.